The minimum atomic E-state index is -0.786. The molecule has 5 rings (SSSR count). The van der Waals surface area contributed by atoms with Gasteiger partial charge in [0.05, 0.1) is 23.3 Å². The lowest BCUT2D eigenvalue weighted by molar-refractivity contribution is -0.117. The smallest absolute Gasteiger partial charge is 0.227 e. The Morgan fingerprint density at radius 1 is 1.11 bits per heavy atom. The van der Waals surface area contributed by atoms with Gasteiger partial charge in [0.15, 0.2) is 0 Å². The first kappa shape index (κ1) is 23.1. The van der Waals surface area contributed by atoms with Crippen LogP contribution in [0.2, 0.25) is 0 Å². The molecule has 1 fully saturated rings. The number of hydrogen-bond acceptors (Lipinski definition) is 4. The third kappa shape index (κ3) is 4.64. The van der Waals surface area contributed by atoms with Gasteiger partial charge in [0.25, 0.3) is 0 Å². The molecule has 0 spiro atoms. The molecule has 6 nitrogen and oxygen atoms in total. The van der Waals surface area contributed by atoms with Crippen molar-refractivity contribution in [2.24, 2.45) is 0 Å². The fraction of sp³-hybridized carbons (Fsp3) is 0.286. The first-order chi connectivity index (χ1) is 16.9. The van der Waals surface area contributed by atoms with Gasteiger partial charge in [-0.05, 0) is 55.3 Å². The summed E-state index contributed by atoms with van der Waals surface area (Å²) in [4.78, 5) is 19.1. The average molecular weight is 474 g/mol. The Labute approximate surface area is 203 Å². The second kappa shape index (κ2) is 9.50. The van der Waals surface area contributed by atoms with Crippen molar-refractivity contribution in [3.05, 3.63) is 89.5 Å². The number of benzene rings is 3. The topological polar surface area (TPSA) is 67.6 Å². The molecule has 1 aromatic heterocycles. The van der Waals surface area contributed by atoms with Crippen LogP contribution >= 0.6 is 0 Å². The standard InChI is InChI=1S/C28H28FN3O3/c1-18-11-12-19(2)26(13-18)35-17-21(33)16-32-25-10-6-4-8-23(25)30-28(32)20-14-27(34)31(15-20)24-9-5-3-7-22(24)29/h3-13,20-21,33H,14-17H2,1-2H3/t20-,21-/m1/s1. The second-order valence-corrected chi connectivity index (χ2v) is 9.16. The van der Waals surface area contributed by atoms with Crippen LogP contribution in [0.4, 0.5) is 10.1 Å². The van der Waals surface area contributed by atoms with Gasteiger partial charge in [-0.25, -0.2) is 9.37 Å². The molecule has 0 bridgehead atoms. The van der Waals surface area contributed by atoms with Gasteiger partial charge in [0.2, 0.25) is 5.91 Å². The highest BCUT2D eigenvalue weighted by atomic mass is 19.1. The number of nitrogens with zero attached hydrogens (tertiary/aromatic N) is 3. The third-order valence-electron chi connectivity index (χ3n) is 6.49. The lowest BCUT2D eigenvalue weighted by atomic mass is 10.1. The number of aliphatic hydroxyl groups excluding tert-OH is 1. The van der Waals surface area contributed by atoms with Crippen LogP contribution in [0.15, 0.2) is 66.7 Å². The Kier molecular flexibility index (Phi) is 6.26. The summed E-state index contributed by atoms with van der Waals surface area (Å²) < 4.78 is 22.3. The zero-order valence-electron chi connectivity index (χ0n) is 19.8. The molecule has 2 atom stereocenters. The molecule has 1 aliphatic heterocycles. The van der Waals surface area contributed by atoms with Crippen LogP contribution in [0.3, 0.4) is 0 Å². The van der Waals surface area contributed by atoms with E-state index < -0.39 is 11.9 Å². The van der Waals surface area contributed by atoms with Crippen molar-refractivity contribution < 1.29 is 19.0 Å². The van der Waals surface area contributed by atoms with E-state index in [0.29, 0.717) is 12.4 Å². The van der Waals surface area contributed by atoms with Crippen LogP contribution in [0.25, 0.3) is 11.0 Å². The number of halogens is 1. The summed E-state index contributed by atoms with van der Waals surface area (Å²) in [5, 5.41) is 10.9. The SMILES string of the molecule is Cc1ccc(C)c(OC[C@H](O)Cn2c([C@@H]3CC(=O)N(c4ccccc4F)C3)nc3ccccc32)c1. The molecule has 0 unspecified atom stereocenters. The van der Waals surface area contributed by atoms with Gasteiger partial charge < -0.3 is 19.3 Å². The number of fused-ring (bicyclic) bond motifs is 1. The summed E-state index contributed by atoms with van der Waals surface area (Å²) in [6.07, 6.45) is -0.557. The van der Waals surface area contributed by atoms with E-state index in [9.17, 15) is 14.3 Å². The van der Waals surface area contributed by atoms with E-state index in [0.717, 1.165) is 27.9 Å². The van der Waals surface area contributed by atoms with E-state index in [1.54, 1.807) is 18.2 Å². The van der Waals surface area contributed by atoms with Crippen LogP contribution in [0.5, 0.6) is 5.75 Å². The molecule has 35 heavy (non-hydrogen) atoms. The minimum absolute atomic E-state index is 0.126. The second-order valence-electron chi connectivity index (χ2n) is 9.16. The highest BCUT2D eigenvalue weighted by Gasteiger charge is 2.36. The van der Waals surface area contributed by atoms with Gasteiger partial charge in [-0.2, -0.15) is 0 Å². The van der Waals surface area contributed by atoms with Crippen molar-refractivity contribution in [1.82, 2.24) is 9.55 Å². The number of aromatic nitrogens is 2. The lowest BCUT2D eigenvalue weighted by Gasteiger charge is -2.19. The maximum absolute atomic E-state index is 14.4. The molecule has 1 amide bonds. The van der Waals surface area contributed by atoms with Crippen LogP contribution in [-0.4, -0.2) is 39.8 Å². The molecule has 0 saturated carbocycles. The number of carbonyl (C=O) groups is 1. The number of aliphatic hydroxyl groups is 1. The number of aryl methyl sites for hydroxylation is 2. The predicted molar refractivity (Wildman–Crippen MR) is 133 cm³/mol. The van der Waals surface area contributed by atoms with Gasteiger partial charge in [0.1, 0.15) is 30.1 Å². The van der Waals surface area contributed by atoms with Crippen molar-refractivity contribution in [3.8, 4) is 5.75 Å². The van der Waals surface area contributed by atoms with Gasteiger partial charge in [-0.1, -0.05) is 36.4 Å². The van der Waals surface area contributed by atoms with Gasteiger partial charge in [-0.3, -0.25) is 4.79 Å². The summed E-state index contributed by atoms with van der Waals surface area (Å²) in [6, 6.07) is 20.0. The Balaban J connectivity index is 1.39. The maximum Gasteiger partial charge on any atom is 0.227 e. The van der Waals surface area contributed by atoms with E-state index >= 15 is 0 Å². The van der Waals surface area contributed by atoms with Crippen LogP contribution < -0.4 is 9.64 Å². The van der Waals surface area contributed by atoms with Crippen molar-refractivity contribution >= 4 is 22.6 Å². The summed E-state index contributed by atoms with van der Waals surface area (Å²) in [5.74, 6) is 0.680. The lowest BCUT2D eigenvalue weighted by Crippen LogP contribution is -2.27. The summed E-state index contributed by atoms with van der Waals surface area (Å²) >= 11 is 0. The molecule has 1 aliphatic rings. The summed E-state index contributed by atoms with van der Waals surface area (Å²) in [6.45, 7) is 4.70. The number of imidazole rings is 1. The Bertz CT molecular complexity index is 1380. The monoisotopic (exact) mass is 473 g/mol. The highest BCUT2D eigenvalue weighted by molar-refractivity contribution is 5.96. The van der Waals surface area contributed by atoms with E-state index in [-0.39, 0.29) is 37.1 Å². The number of rotatable bonds is 7. The minimum Gasteiger partial charge on any atom is -0.491 e. The van der Waals surface area contributed by atoms with Crippen LogP contribution in [0, 0.1) is 19.7 Å². The Hall–Kier alpha value is -3.71. The summed E-state index contributed by atoms with van der Waals surface area (Å²) in [7, 11) is 0. The number of hydrogen-bond donors (Lipinski definition) is 1. The zero-order chi connectivity index (χ0) is 24.5. The molecule has 2 heterocycles. The molecule has 180 valence electrons. The highest BCUT2D eigenvalue weighted by Crippen LogP contribution is 2.34. The van der Waals surface area contributed by atoms with E-state index in [1.165, 1.54) is 11.0 Å². The third-order valence-corrected chi connectivity index (χ3v) is 6.49. The Morgan fingerprint density at radius 3 is 2.71 bits per heavy atom. The van der Waals surface area contributed by atoms with Gasteiger partial charge in [-0.15, -0.1) is 0 Å². The van der Waals surface area contributed by atoms with E-state index in [4.69, 9.17) is 9.72 Å². The quantitative estimate of drug-likeness (QED) is 0.421. The molecule has 1 saturated heterocycles. The maximum atomic E-state index is 14.4. The van der Waals surface area contributed by atoms with Gasteiger partial charge in [0, 0.05) is 18.9 Å². The van der Waals surface area contributed by atoms with Crippen molar-refractivity contribution in [2.45, 2.75) is 38.8 Å². The van der Waals surface area contributed by atoms with Gasteiger partial charge >= 0.3 is 0 Å². The number of anilines is 1. The molecule has 7 heteroatoms. The van der Waals surface area contributed by atoms with Crippen LogP contribution in [0.1, 0.15) is 29.3 Å². The molecule has 1 N–H and O–H groups in total. The van der Waals surface area contributed by atoms with E-state index in [1.807, 2.05) is 60.9 Å². The van der Waals surface area contributed by atoms with Crippen molar-refractivity contribution in [3.63, 3.8) is 0 Å². The molecular weight excluding hydrogens is 445 g/mol. The molecule has 3 aromatic carbocycles. The number of ether oxygens (including phenoxy) is 1. The number of carbonyl (C=O) groups excluding carboxylic acids is 1. The first-order valence-corrected chi connectivity index (χ1v) is 11.8. The summed E-state index contributed by atoms with van der Waals surface area (Å²) in [5.41, 5.74) is 4.05. The fourth-order valence-electron chi connectivity index (χ4n) is 4.69. The normalized spacial score (nSPS) is 16.7. The molecule has 4 aromatic rings. The van der Waals surface area contributed by atoms with Crippen molar-refractivity contribution in [2.75, 3.05) is 18.1 Å². The van der Waals surface area contributed by atoms with Crippen LogP contribution in [-0.2, 0) is 11.3 Å². The number of para-hydroxylation sites is 3. The Morgan fingerprint density at radius 2 is 1.89 bits per heavy atom. The fourth-order valence-corrected chi connectivity index (χ4v) is 4.69. The zero-order valence-corrected chi connectivity index (χ0v) is 19.8. The first-order valence-electron chi connectivity index (χ1n) is 11.8. The molecular formula is C28H28FN3O3. The largest absolute Gasteiger partial charge is 0.491 e. The molecule has 0 aliphatic carbocycles. The number of amides is 1. The van der Waals surface area contributed by atoms with E-state index in [2.05, 4.69) is 0 Å². The van der Waals surface area contributed by atoms with Crippen molar-refractivity contribution in [1.29, 1.82) is 0 Å². The average Bonchev–Trinajstić information content (AvgIpc) is 3.40. The molecule has 0 radical (unpaired) electrons. The predicted octanol–water partition coefficient (Wildman–Crippen LogP) is 4.75.